The van der Waals surface area contributed by atoms with Crippen LogP contribution < -0.4 is 16.7 Å². The van der Waals surface area contributed by atoms with Crippen molar-refractivity contribution in [1.29, 1.82) is 0 Å². The average Bonchev–Trinajstić information content (AvgIpc) is 3.12. The Kier molecular flexibility index (Phi) is 16.5. The van der Waals surface area contributed by atoms with Gasteiger partial charge in [-0.05, 0) is 37.3 Å². The zero-order chi connectivity index (χ0) is 38.2. The predicted molar refractivity (Wildman–Crippen MR) is 195 cm³/mol. The van der Waals surface area contributed by atoms with E-state index >= 15 is 0 Å². The van der Waals surface area contributed by atoms with Gasteiger partial charge in [0, 0.05) is 103 Å². The highest BCUT2D eigenvalue weighted by molar-refractivity contribution is 5.65. The molecule has 1 fully saturated rings. The minimum Gasteiger partial charge on any atom is -0.425 e. The second kappa shape index (κ2) is 20.8. The molecule has 16 nitrogen and oxygen atoms in total. The number of rotatable bonds is 11. The molecular formula is C36H52N8O8. The average molecular weight is 725 g/mol. The lowest BCUT2D eigenvalue weighted by atomic mass is 10.2. The number of carbonyl (C=O) groups is 1. The first-order valence-corrected chi connectivity index (χ1v) is 17.3. The van der Waals surface area contributed by atoms with E-state index in [1.54, 1.807) is 48.6 Å². The van der Waals surface area contributed by atoms with Crippen LogP contribution in [-0.4, -0.2) is 131 Å². The predicted octanol–water partition coefficient (Wildman–Crippen LogP) is 1.38. The van der Waals surface area contributed by atoms with Gasteiger partial charge in [0.2, 0.25) is 0 Å². The molecule has 3 aromatic rings. The number of aromatic nitrogens is 3. The molecule has 52 heavy (non-hydrogen) atoms. The highest BCUT2D eigenvalue weighted by Crippen LogP contribution is 2.14. The van der Waals surface area contributed by atoms with Gasteiger partial charge >= 0.3 is 0 Å². The van der Waals surface area contributed by atoms with Crippen LogP contribution in [0.1, 0.15) is 37.9 Å². The molecule has 0 spiro atoms. The zero-order valence-electron chi connectivity index (χ0n) is 30.4. The van der Waals surface area contributed by atoms with Crippen LogP contribution in [0.4, 0.5) is 0 Å². The molecule has 4 heterocycles. The fourth-order valence-corrected chi connectivity index (χ4v) is 5.86. The molecule has 16 heteroatoms. The van der Waals surface area contributed by atoms with E-state index in [0.29, 0.717) is 95.6 Å². The van der Waals surface area contributed by atoms with E-state index in [9.17, 15) is 40.0 Å². The first-order chi connectivity index (χ1) is 25.0. The number of allylic oxidation sites excluding steroid dienone is 3. The zero-order valence-corrected chi connectivity index (χ0v) is 30.4. The van der Waals surface area contributed by atoms with E-state index in [0.717, 1.165) is 5.06 Å². The summed E-state index contributed by atoms with van der Waals surface area (Å²) < 4.78 is 1.89. The second-order valence-electron chi connectivity index (χ2n) is 12.3. The molecule has 3 aromatic heterocycles. The molecule has 1 aliphatic rings. The molecule has 0 radical (unpaired) electrons. The Bertz CT molecular complexity index is 1820. The van der Waals surface area contributed by atoms with Crippen LogP contribution in [0, 0.1) is 0 Å². The quantitative estimate of drug-likeness (QED) is 0.0734. The largest absolute Gasteiger partial charge is 0.425 e. The van der Waals surface area contributed by atoms with Gasteiger partial charge in [-0.15, -0.1) is 0 Å². The maximum atomic E-state index is 12.2. The molecule has 0 aliphatic carbocycles. The number of hydrogen-bond donors (Lipinski definition) is 4. The van der Waals surface area contributed by atoms with E-state index in [1.807, 2.05) is 20.8 Å². The second-order valence-corrected chi connectivity index (χ2v) is 12.3. The summed E-state index contributed by atoms with van der Waals surface area (Å²) in [5.41, 5.74) is 0.0978. The molecule has 4 N–H and O–H groups in total. The van der Waals surface area contributed by atoms with Crippen molar-refractivity contribution in [3.8, 4) is 0 Å². The van der Waals surface area contributed by atoms with Gasteiger partial charge in [0.15, 0.2) is 0 Å². The summed E-state index contributed by atoms with van der Waals surface area (Å²) in [5.74, 6) is 0. The first-order valence-electron chi connectivity index (χ1n) is 17.3. The summed E-state index contributed by atoms with van der Waals surface area (Å²) >= 11 is 0. The SMILES string of the molecule is CC.CC1CN(Cc2cccc(=O)n2O)CCN(Cc2cccc(=O)n2O)CCN(Cc2cccc(=O)n2O)CCN1C/C(=C/C=C\C=O)N(C)O. The Balaban J connectivity index is 0.00000358. The minimum atomic E-state index is -0.549. The molecule has 284 valence electrons. The minimum absolute atomic E-state index is 0.143. The lowest BCUT2D eigenvalue weighted by Gasteiger charge is -2.38. The van der Waals surface area contributed by atoms with Crippen molar-refractivity contribution in [2.75, 3.05) is 59.4 Å². The van der Waals surface area contributed by atoms with Crippen LogP contribution in [0.15, 0.2) is 92.9 Å². The van der Waals surface area contributed by atoms with Gasteiger partial charge in [-0.3, -0.25) is 49.0 Å². The highest BCUT2D eigenvalue weighted by atomic mass is 16.5. The Morgan fingerprint density at radius 1 is 0.692 bits per heavy atom. The van der Waals surface area contributed by atoms with Crippen LogP contribution >= 0.6 is 0 Å². The lowest BCUT2D eigenvalue weighted by Crippen LogP contribution is -2.50. The van der Waals surface area contributed by atoms with E-state index in [-0.39, 0.29) is 25.7 Å². The topological polar surface area (TPSA) is 180 Å². The third-order valence-corrected chi connectivity index (χ3v) is 8.75. The molecule has 1 aliphatic heterocycles. The number of hydrogen-bond acceptors (Lipinski definition) is 13. The van der Waals surface area contributed by atoms with Crippen LogP contribution in [0.3, 0.4) is 0 Å². The van der Waals surface area contributed by atoms with Crippen LogP contribution in [0.5, 0.6) is 0 Å². The van der Waals surface area contributed by atoms with Crippen molar-refractivity contribution in [3.63, 3.8) is 0 Å². The van der Waals surface area contributed by atoms with Crippen LogP contribution in [-0.2, 0) is 24.4 Å². The normalized spacial score (nSPS) is 17.6. The fraction of sp³-hybridized carbons (Fsp3) is 0.444. The van der Waals surface area contributed by atoms with E-state index < -0.39 is 16.7 Å². The van der Waals surface area contributed by atoms with Crippen molar-refractivity contribution in [1.82, 2.24) is 38.9 Å². The lowest BCUT2D eigenvalue weighted by molar-refractivity contribution is -0.104. The monoisotopic (exact) mass is 724 g/mol. The Labute approximate surface area is 303 Å². The molecule has 1 saturated heterocycles. The van der Waals surface area contributed by atoms with Crippen molar-refractivity contribution >= 4 is 6.29 Å². The number of pyridine rings is 3. The third-order valence-electron chi connectivity index (χ3n) is 8.75. The third kappa shape index (κ3) is 12.1. The molecular weight excluding hydrogens is 672 g/mol. The van der Waals surface area contributed by atoms with Gasteiger partial charge in [0.05, 0.1) is 22.8 Å². The van der Waals surface area contributed by atoms with Gasteiger partial charge in [-0.1, -0.05) is 38.1 Å². The van der Waals surface area contributed by atoms with Crippen molar-refractivity contribution in [3.05, 3.63) is 127 Å². The molecule has 1 unspecified atom stereocenters. The first kappa shape index (κ1) is 41.4. The maximum absolute atomic E-state index is 12.2. The maximum Gasteiger partial charge on any atom is 0.283 e. The summed E-state index contributed by atoms with van der Waals surface area (Å²) in [6.07, 6.45) is 5.17. The molecule has 0 bridgehead atoms. The molecule has 4 rings (SSSR count). The van der Waals surface area contributed by atoms with Gasteiger partial charge in [0.25, 0.3) is 16.7 Å². The highest BCUT2D eigenvalue weighted by Gasteiger charge is 2.24. The Morgan fingerprint density at radius 2 is 1.10 bits per heavy atom. The number of likely N-dealkylation sites (N-methyl/N-ethyl adjacent to an activating group) is 1. The van der Waals surface area contributed by atoms with Crippen LogP contribution in [0.25, 0.3) is 0 Å². The number of nitrogens with zero attached hydrogens (tertiary/aromatic N) is 8. The standard InChI is InChI=1S/C34H46N8O8.C2H6/c1-27-22-38(25-31-11-7-14-34(46)42(31)50)18-17-36(23-29-9-5-12-32(44)40(29)48)15-16-37(24-30-10-6-13-33(45)41(30)49)19-20-39(27)26-28(35(2)47)8-3-4-21-43;1-2/h3-14,21,27,47-50H,15-20,22-26H2,1-2H3;1-2H3/b4-3-,28-8-;. The number of aldehydes is 1. The van der Waals surface area contributed by atoms with Gasteiger partial charge in [-0.25, -0.2) is 0 Å². The fourth-order valence-electron chi connectivity index (χ4n) is 5.86. The van der Waals surface area contributed by atoms with Crippen molar-refractivity contribution in [2.45, 2.75) is 46.4 Å². The number of carbonyl (C=O) groups excluding carboxylic acids is 1. The van der Waals surface area contributed by atoms with E-state index in [2.05, 4.69) is 19.6 Å². The number of hydroxylamine groups is 2. The molecule has 0 saturated carbocycles. The van der Waals surface area contributed by atoms with Gasteiger partial charge in [0.1, 0.15) is 6.29 Å². The summed E-state index contributed by atoms with van der Waals surface area (Å²) in [6, 6.07) is 13.5. The van der Waals surface area contributed by atoms with E-state index in [4.69, 9.17) is 0 Å². The van der Waals surface area contributed by atoms with Crippen molar-refractivity contribution < 1.29 is 25.6 Å². The summed E-state index contributed by atoms with van der Waals surface area (Å²) in [4.78, 5) is 56.0. The summed E-state index contributed by atoms with van der Waals surface area (Å²) in [5, 5.41) is 42.9. The van der Waals surface area contributed by atoms with Crippen molar-refractivity contribution in [2.24, 2.45) is 0 Å². The van der Waals surface area contributed by atoms with Crippen LogP contribution in [0.2, 0.25) is 0 Å². The Morgan fingerprint density at radius 3 is 1.52 bits per heavy atom. The molecule has 0 amide bonds. The van der Waals surface area contributed by atoms with Gasteiger partial charge in [-0.2, -0.15) is 14.2 Å². The summed E-state index contributed by atoms with van der Waals surface area (Å²) in [7, 11) is 1.50. The summed E-state index contributed by atoms with van der Waals surface area (Å²) in [6.45, 7) is 10.4. The Hall–Kier alpha value is -5.00. The molecule has 0 aromatic carbocycles. The van der Waals surface area contributed by atoms with Gasteiger partial charge < -0.3 is 15.6 Å². The van der Waals surface area contributed by atoms with E-state index in [1.165, 1.54) is 31.3 Å². The smallest absolute Gasteiger partial charge is 0.283 e. The molecule has 1 atom stereocenters.